The van der Waals surface area contributed by atoms with Gasteiger partial charge in [0.1, 0.15) is 18.2 Å². The summed E-state index contributed by atoms with van der Waals surface area (Å²) in [6.45, 7) is 0.691. The van der Waals surface area contributed by atoms with Crippen molar-refractivity contribution in [2.75, 3.05) is 6.54 Å². The Balaban J connectivity index is 1.58. The van der Waals surface area contributed by atoms with Gasteiger partial charge in [0, 0.05) is 30.6 Å². The third kappa shape index (κ3) is 4.79. The van der Waals surface area contributed by atoms with Crippen molar-refractivity contribution in [3.05, 3.63) is 65.5 Å². The van der Waals surface area contributed by atoms with E-state index in [1.54, 1.807) is 30.3 Å². The molecule has 0 bridgehead atoms. The van der Waals surface area contributed by atoms with Crippen LogP contribution in [-0.4, -0.2) is 24.4 Å². The molecule has 1 atom stereocenters. The molecule has 1 aliphatic rings. The van der Waals surface area contributed by atoms with E-state index in [0.717, 1.165) is 5.56 Å². The molecule has 0 unspecified atom stereocenters. The first-order valence-corrected chi connectivity index (χ1v) is 8.15. The molecule has 0 radical (unpaired) electrons. The van der Waals surface area contributed by atoms with Crippen LogP contribution in [0.25, 0.3) is 0 Å². The van der Waals surface area contributed by atoms with E-state index in [9.17, 15) is 14.0 Å². The molecule has 0 aliphatic carbocycles. The van der Waals surface area contributed by atoms with Crippen molar-refractivity contribution in [1.29, 1.82) is 0 Å². The van der Waals surface area contributed by atoms with Crippen molar-refractivity contribution in [1.82, 2.24) is 10.6 Å². The molecule has 5 nitrogen and oxygen atoms in total. The van der Waals surface area contributed by atoms with E-state index in [-0.39, 0.29) is 30.3 Å². The second-order valence-corrected chi connectivity index (χ2v) is 5.96. The van der Waals surface area contributed by atoms with Crippen LogP contribution in [0.2, 0.25) is 0 Å². The second kappa shape index (κ2) is 7.79. The van der Waals surface area contributed by atoms with E-state index >= 15 is 0 Å². The zero-order chi connectivity index (χ0) is 17.6. The largest absolute Gasteiger partial charge is 0.489 e. The minimum atomic E-state index is -0.356. The van der Waals surface area contributed by atoms with Gasteiger partial charge in [-0.2, -0.15) is 0 Å². The molecule has 1 aliphatic heterocycles. The lowest BCUT2D eigenvalue weighted by Crippen LogP contribution is -2.47. The number of ether oxygens (including phenoxy) is 1. The molecule has 2 aromatic carbocycles. The first-order valence-electron chi connectivity index (χ1n) is 8.15. The molecular weight excluding hydrogens is 323 g/mol. The normalized spacial score (nSPS) is 16.8. The van der Waals surface area contributed by atoms with Gasteiger partial charge in [-0.25, -0.2) is 4.39 Å². The van der Waals surface area contributed by atoms with Gasteiger partial charge in [-0.1, -0.05) is 18.2 Å². The molecule has 2 N–H and O–H groups in total. The Morgan fingerprint density at radius 3 is 2.84 bits per heavy atom. The molecule has 0 saturated carbocycles. The van der Waals surface area contributed by atoms with Gasteiger partial charge in [0.15, 0.2) is 0 Å². The topological polar surface area (TPSA) is 67.4 Å². The van der Waals surface area contributed by atoms with Gasteiger partial charge in [0.2, 0.25) is 5.91 Å². The van der Waals surface area contributed by atoms with Gasteiger partial charge in [-0.15, -0.1) is 0 Å². The summed E-state index contributed by atoms with van der Waals surface area (Å²) in [7, 11) is 0. The van der Waals surface area contributed by atoms with Crippen molar-refractivity contribution in [2.24, 2.45) is 0 Å². The molecule has 1 fully saturated rings. The maximum absolute atomic E-state index is 13.2. The number of hydrogen-bond donors (Lipinski definition) is 2. The van der Waals surface area contributed by atoms with Gasteiger partial charge >= 0.3 is 0 Å². The van der Waals surface area contributed by atoms with E-state index in [0.29, 0.717) is 30.7 Å². The predicted octanol–water partition coefficient (Wildman–Crippen LogP) is 2.41. The van der Waals surface area contributed by atoms with Crippen LogP contribution >= 0.6 is 0 Å². The SMILES string of the molecule is O=C1CC[C@@H](NC(=O)c2cccc(COc3cccc(F)c3)c2)CN1. The summed E-state index contributed by atoms with van der Waals surface area (Å²) in [5.41, 5.74) is 1.34. The predicted molar refractivity (Wildman–Crippen MR) is 90.7 cm³/mol. The summed E-state index contributed by atoms with van der Waals surface area (Å²) in [5, 5.41) is 5.66. The molecule has 3 rings (SSSR count). The van der Waals surface area contributed by atoms with Crippen LogP contribution in [0.15, 0.2) is 48.5 Å². The minimum absolute atomic E-state index is 0.0157. The monoisotopic (exact) mass is 342 g/mol. The lowest BCUT2D eigenvalue weighted by molar-refractivity contribution is -0.122. The number of piperidine rings is 1. The standard InChI is InChI=1S/C19H19FN2O3/c20-15-5-2-6-17(10-15)25-12-13-3-1-4-14(9-13)19(24)22-16-7-8-18(23)21-11-16/h1-6,9-10,16H,7-8,11-12H2,(H,21,23)(H,22,24)/t16-/m1/s1. The van der Waals surface area contributed by atoms with Crippen LogP contribution in [0.4, 0.5) is 4.39 Å². The van der Waals surface area contributed by atoms with Crippen LogP contribution < -0.4 is 15.4 Å². The van der Waals surface area contributed by atoms with Crippen LogP contribution in [0.3, 0.4) is 0 Å². The highest BCUT2D eigenvalue weighted by Crippen LogP contribution is 2.15. The Kier molecular flexibility index (Phi) is 5.28. The number of hydrogen-bond acceptors (Lipinski definition) is 3. The molecule has 6 heteroatoms. The van der Waals surface area contributed by atoms with E-state index in [1.165, 1.54) is 12.1 Å². The Morgan fingerprint density at radius 1 is 1.24 bits per heavy atom. The summed E-state index contributed by atoms with van der Waals surface area (Å²) in [6, 6.07) is 13.0. The van der Waals surface area contributed by atoms with Crippen molar-refractivity contribution in [2.45, 2.75) is 25.5 Å². The molecule has 0 aromatic heterocycles. The number of halogens is 1. The smallest absolute Gasteiger partial charge is 0.251 e. The van der Waals surface area contributed by atoms with Crippen LogP contribution in [-0.2, 0) is 11.4 Å². The summed E-state index contributed by atoms with van der Waals surface area (Å²) >= 11 is 0. The number of nitrogens with one attached hydrogen (secondary N) is 2. The number of rotatable bonds is 5. The highest BCUT2D eigenvalue weighted by atomic mass is 19.1. The summed E-state index contributed by atoms with van der Waals surface area (Å²) in [5.74, 6) is -0.0891. The van der Waals surface area contributed by atoms with E-state index in [1.807, 2.05) is 6.07 Å². The van der Waals surface area contributed by atoms with E-state index in [4.69, 9.17) is 4.74 Å². The number of amides is 2. The fourth-order valence-corrected chi connectivity index (χ4v) is 2.65. The van der Waals surface area contributed by atoms with E-state index < -0.39 is 0 Å². The highest BCUT2D eigenvalue weighted by molar-refractivity contribution is 5.94. The van der Waals surface area contributed by atoms with Crippen LogP contribution in [0.1, 0.15) is 28.8 Å². The summed E-state index contributed by atoms with van der Waals surface area (Å²) in [6.07, 6.45) is 1.06. The van der Waals surface area contributed by atoms with Crippen molar-refractivity contribution < 1.29 is 18.7 Å². The van der Waals surface area contributed by atoms with E-state index in [2.05, 4.69) is 10.6 Å². The van der Waals surface area contributed by atoms with Crippen molar-refractivity contribution in [3.63, 3.8) is 0 Å². The third-order valence-corrected chi connectivity index (χ3v) is 3.99. The molecule has 0 spiro atoms. The molecule has 2 aromatic rings. The molecule has 1 saturated heterocycles. The molecule has 1 heterocycles. The summed E-state index contributed by atoms with van der Waals surface area (Å²) < 4.78 is 18.7. The summed E-state index contributed by atoms with van der Waals surface area (Å²) in [4.78, 5) is 23.5. The van der Waals surface area contributed by atoms with Crippen molar-refractivity contribution in [3.8, 4) is 5.75 Å². The Labute approximate surface area is 145 Å². The maximum Gasteiger partial charge on any atom is 0.251 e. The number of benzene rings is 2. The Hall–Kier alpha value is -2.89. The first-order chi connectivity index (χ1) is 12.1. The fraction of sp³-hybridized carbons (Fsp3) is 0.263. The Bertz CT molecular complexity index is 769. The average molecular weight is 342 g/mol. The average Bonchev–Trinajstić information content (AvgIpc) is 2.62. The van der Waals surface area contributed by atoms with Crippen molar-refractivity contribution >= 4 is 11.8 Å². The fourth-order valence-electron chi connectivity index (χ4n) is 2.65. The lowest BCUT2D eigenvalue weighted by atomic mass is 10.1. The Morgan fingerprint density at radius 2 is 2.08 bits per heavy atom. The highest BCUT2D eigenvalue weighted by Gasteiger charge is 2.20. The van der Waals surface area contributed by atoms with Crippen LogP contribution in [0.5, 0.6) is 5.75 Å². The zero-order valence-electron chi connectivity index (χ0n) is 13.6. The third-order valence-electron chi connectivity index (χ3n) is 3.99. The molecular formula is C19H19FN2O3. The molecule has 130 valence electrons. The number of carbonyl (C=O) groups excluding carboxylic acids is 2. The minimum Gasteiger partial charge on any atom is -0.489 e. The number of carbonyl (C=O) groups is 2. The molecule has 25 heavy (non-hydrogen) atoms. The van der Waals surface area contributed by atoms with Gasteiger partial charge in [0.25, 0.3) is 5.91 Å². The zero-order valence-corrected chi connectivity index (χ0v) is 13.6. The lowest BCUT2D eigenvalue weighted by Gasteiger charge is -2.23. The van der Waals surface area contributed by atoms with Gasteiger partial charge in [-0.3, -0.25) is 9.59 Å². The van der Waals surface area contributed by atoms with Crippen LogP contribution in [0, 0.1) is 5.82 Å². The second-order valence-electron chi connectivity index (χ2n) is 5.96. The van der Waals surface area contributed by atoms with Gasteiger partial charge in [-0.05, 0) is 36.2 Å². The van der Waals surface area contributed by atoms with Gasteiger partial charge < -0.3 is 15.4 Å². The quantitative estimate of drug-likeness (QED) is 0.877. The maximum atomic E-state index is 13.2. The molecule has 2 amide bonds. The first kappa shape index (κ1) is 17.0. The van der Waals surface area contributed by atoms with Gasteiger partial charge in [0.05, 0.1) is 0 Å².